The maximum absolute atomic E-state index is 12.3. The summed E-state index contributed by atoms with van der Waals surface area (Å²) in [6.07, 6.45) is 5.43. The van der Waals surface area contributed by atoms with Crippen LogP contribution in [0, 0.1) is 0 Å². The summed E-state index contributed by atoms with van der Waals surface area (Å²) in [6, 6.07) is 9.07. The predicted octanol–water partition coefficient (Wildman–Crippen LogP) is 3.16. The molecule has 1 saturated heterocycles. The van der Waals surface area contributed by atoms with Gasteiger partial charge in [-0.3, -0.25) is 4.79 Å². The molecule has 0 saturated carbocycles. The van der Waals surface area contributed by atoms with Gasteiger partial charge in [-0.2, -0.15) is 11.8 Å². The number of benzene rings is 1. The highest BCUT2D eigenvalue weighted by Crippen LogP contribution is 2.31. The monoisotopic (exact) mass is 306 g/mol. The molecule has 1 aromatic carbocycles. The van der Waals surface area contributed by atoms with Crippen LogP contribution in [0.25, 0.3) is 0 Å². The molecule has 1 aliphatic rings. The van der Waals surface area contributed by atoms with Gasteiger partial charge >= 0.3 is 0 Å². The molecule has 1 atom stereocenters. The molecule has 1 aromatic rings. The number of hydrogen-bond acceptors (Lipinski definition) is 3. The maximum Gasteiger partial charge on any atom is 0.233 e. The van der Waals surface area contributed by atoms with Crippen molar-refractivity contribution in [2.75, 3.05) is 32.6 Å². The zero-order chi connectivity index (χ0) is 15.2. The Morgan fingerprint density at radius 2 is 2.00 bits per heavy atom. The lowest BCUT2D eigenvalue weighted by Gasteiger charge is -2.36. The number of rotatable bonds is 5. The standard InChI is InChI=1S/C17H26N2OS/c1-18(2)12-14-7-9-15(10-8-14)16-6-4-5-11-19(16)17(20)13-21-3/h7-10,16H,4-6,11-13H2,1-3H3. The van der Waals surface area contributed by atoms with E-state index in [4.69, 9.17) is 0 Å². The highest BCUT2D eigenvalue weighted by molar-refractivity contribution is 7.99. The zero-order valence-corrected chi connectivity index (χ0v) is 14.2. The Labute approximate surface area is 132 Å². The third-order valence-corrected chi connectivity index (χ3v) is 4.49. The van der Waals surface area contributed by atoms with Crippen molar-refractivity contribution in [3.63, 3.8) is 0 Å². The molecule has 1 amide bonds. The van der Waals surface area contributed by atoms with Gasteiger partial charge in [0.25, 0.3) is 0 Å². The second kappa shape index (κ2) is 7.85. The molecule has 4 heteroatoms. The molecular weight excluding hydrogens is 280 g/mol. The molecule has 1 aliphatic heterocycles. The summed E-state index contributed by atoms with van der Waals surface area (Å²) in [5.74, 6) is 0.874. The van der Waals surface area contributed by atoms with Gasteiger partial charge < -0.3 is 9.80 Å². The van der Waals surface area contributed by atoms with Crippen LogP contribution < -0.4 is 0 Å². The van der Waals surface area contributed by atoms with E-state index in [1.807, 2.05) is 6.26 Å². The molecule has 0 radical (unpaired) electrons. The molecular formula is C17H26N2OS. The number of hydrogen-bond donors (Lipinski definition) is 0. The molecule has 1 unspecified atom stereocenters. The minimum atomic E-state index is 0.270. The molecule has 3 nitrogen and oxygen atoms in total. The Hall–Kier alpha value is -1.00. The van der Waals surface area contributed by atoms with Crippen LogP contribution in [0.3, 0.4) is 0 Å². The van der Waals surface area contributed by atoms with Gasteiger partial charge in [0.15, 0.2) is 0 Å². The molecule has 1 heterocycles. The van der Waals surface area contributed by atoms with E-state index in [0.29, 0.717) is 5.75 Å². The first-order valence-electron chi connectivity index (χ1n) is 7.64. The second-order valence-corrected chi connectivity index (χ2v) is 6.88. The van der Waals surface area contributed by atoms with Crippen molar-refractivity contribution >= 4 is 17.7 Å². The lowest BCUT2D eigenvalue weighted by atomic mass is 9.94. The summed E-state index contributed by atoms with van der Waals surface area (Å²) in [6.45, 7) is 1.86. The number of carbonyl (C=O) groups excluding carboxylic acids is 1. The number of piperidine rings is 1. The normalized spacial score (nSPS) is 19.0. The van der Waals surface area contributed by atoms with E-state index in [9.17, 15) is 4.79 Å². The van der Waals surface area contributed by atoms with Crippen molar-refractivity contribution in [2.24, 2.45) is 0 Å². The lowest BCUT2D eigenvalue weighted by Crippen LogP contribution is -2.39. The van der Waals surface area contributed by atoms with Gasteiger partial charge in [-0.05, 0) is 50.7 Å². The van der Waals surface area contributed by atoms with E-state index in [0.717, 1.165) is 25.9 Å². The van der Waals surface area contributed by atoms with Crippen LogP contribution in [-0.4, -0.2) is 48.4 Å². The third-order valence-electron chi connectivity index (χ3n) is 3.95. The Bertz CT molecular complexity index is 458. The molecule has 0 aromatic heterocycles. The van der Waals surface area contributed by atoms with Gasteiger partial charge in [0, 0.05) is 13.1 Å². The molecule has 0 aliphatic carbocycles. The van der Waals surface area contributed by atoms with Gasteiger partial charge in [-0.25, -0.2) is 0 Å². The maximum atomic E-state index is 12.3. The van der Waals surface area contributed by atoms with Crippen molar-refractivity contribution in [3.05, 3.63) is 35.4 Å². The Morgan fingerprint density at radius 1 is 1.29 bits per heavy atom. The fourth-order valence-electron chi connectivity index (χ4n) is 2.99. The number of likely N-dealkylation sites (tertiary alicyclic amines) is 1. The predicted molar refractivity (Wildman–Crippen MR) is 90.5 cm³/mol. The lowest BCUT2D eigenvalue weighted by molar-refractivity contribution is -0.132. The first-order chi connectivity index (χ1) is 10.1. The van der Waals surface area contributed by atoms with Crippen LogP contribution in [0.2, 0.25) is 0 Å². The molecule has 2 rings (SSSR count). The third kappa shape index (κ3) is 4.48. The van der Waals surface area contributed by atoms with E-state index in [1.165, 1.54) is 17.5 Å². The van der Waals surface area contributed by atoms with Gasteiger partial charge in [-0.1, -0.05) is 24.3 Å². The van der Waals surface area contributed by atoms with E-state index < -0.39 is 0 Å². The molecule has 0 N–H and O–H groups in total. The summed E-state index contributed by atoms with van der Waals surface area (Å²) in [5, 5.41) is 0. The van der Waals surface area contributed by atoms with Gasteiger partial charge in [0.05, 0.1) is 11.8 Å². The first kappa shape index (κ1) is 16.4. The first-order valence-corrected chi connectivity index (χ1v) is 9.03. The van der Waals surface area contributed by atoms with Gasteiger partial charge in [0.1, 0.15) is 0 Å². The van der Waals surface area contributed by atoms with Crippen molar-refractivity contribution in [1.82, 2.24) is 9.80 Å². The minimum absolute atomic E-state index is 0.270. The molecule has 0 bridgehead atoms. The molecule has 21 heavy (non-hydrogen) atoms. The topological polar surface area (TPSA) is 23.6 Å². The number of amides is 1. The van der Waals surface area contributed by atoms with Crippen LogP contribution >= 0.6 is 11.8 Å². The van der Waals surface area contributed by atoms with Gasteiger partial charge in [-0.15, -0.1) is 0 Å². The fourth-order valence-corrected chi connectivity index (χ4v) is 3.41. The summed E-state index contributed by atoms with van der Waals surface area (Å²) in [4.78, 5) is 16.5. The summed E-state index contributed by atoms with van der Waals surface area (Å²) in [7, 11) is 4.16. The average Bonchev–Trinajstić information content (AvgIpc) is 2.48. The summed E-state index contributed by atoms with van der Waals surface area (Å²) < 4.78 is 0. The molecule has 1 fully saturated rings. The van der Waals surface area contributed by atoms with Crippen LogP contribution in [0.15, 0.2) is 24.3 Å². The van der Waals surface area contributed by atoms with E-state index >= 15 is 0 Å². The van der Waals surface area contributed by atoms with E-state index in [2.05, 4.69) is 48.2 Å². The molecule has 0 spiro atoms. The van der Waals surface area contributed by atoms with Crippen LogP contribution in [0.5, 0.6) is 0 Å². The quantitative estimate of drug-likeness (QED) is 0.835. The Balaban J connectivity index is 2.11. The fraction of sp³-hybridized carbons (Fsp3) is 0.588. The number of carbonyl (C=O) groups is 1. The van der Waals surface area contributed by atoms with Crippen LogP contribution in [0.1, 0.15) is 36.4 Å². The average molecular weight is 306 g/mol. The van der Waals surface area contributed by atoms with Crippen LogP contribution in [0.4, 0.5) is 0 Å². The van der Waals surface area contributed by atoms with Crippen LogP contribution in [-0.2, 0) is 11.3 Å². The van der Waals surface area contributed by atoms with Crippen molar-refractivity contribution in [2.45, 2.75) is 31.8 Å². The zero-order valence-electron chi connectivity index (χ0n) is 13.3. The molecule has 116 valence electrons. The largest absolute Gasteiger partial charge is 0.335 e. The second-order valence-electron chi connectivity index (χ2n) is 6.01. The number of thioether (sulfide) groups is 1. The number of nitrogens with zero attached hydrogens (tertiary/aromatic N) is 2. The summed E-state index contributed by atoms with van der Waals surface area (Å²) in [5.41, 5.74) is 2.60. The van der Waals surface area contributed by atoms with Crippen molar-refractivity contribution in [1.29, 1.82) is 0 Å². The van der Waals surface area contributed by atoms with Crippen molar-refractivity contribution in [3.8, 4) is 0 Å². The highest BCUT2D eigenvalue weighted by Gasteiger charge is 2.27. The van der Waals surface area contributed by atoms with Gasteiger partial charge in [0.2, 0.25) is 5.91 Å². The SMILES string of the molecule is CSCC(=O)N1CCCCC1c1ccc(CN(C)C)cc1. The Morgan fingerprint density at radius 3 is 2.62 bits per heavy atom. The van der Waals surface area contributed by atoms with E-state index in [-0.39, 0.29) is 11.9 Å². The Kier molecular flexibility index (Phi) is 6.12. The minimum Gasteiger partial charge on any atom is -0.335 e. The van der Waals surface area contributed by atoms with Crippen molar-refractivity contribution < 1.29 is 4.79 Å². The van der Waals surface area contributed by atoms with E-state index in [1.54, 1.807) is 11.8 Å². The highest BCUT2D eigenvalue weighted by atomic mass is 32.2. The smallest absolute Gasteiger partial charge is 0.233 e. The summed E-state index contributed by atoms with van der Waals surface area (Å²) >= 11 is 1.61.